The molecule has 5 heteroatoms. The Kier molecular flexibility index (Phi) is 4.73. The van der Waals surface area contributed by atoms with Crippen LogP contribution >= 0.6 is 0 Å². The average molecular weight is 569 g/mol. The molecule has 0 atom stereocenters. The molecule has 7 aromatic rings. The predicted octanol–water partition coefficient (Wildman–Crippen LogP) is 8.62. The third-order valence-electron chi connectivity index (χ3n) is 10.4. The first-order valence-corrected chi connectivity index (χ1v) is 16.1. The van der Waals surface area contributed by atoms with E-state index in [1.54, 1.807) is 5.47 Å². The summed E-state index contributed by atoms with van der Waals surface area (Å²) in [6.45, 7) is 7.23. The van der Waals surface area contributed by atoms with Gasteiger partial charge in [0.2, 0.25) is 12.5 Å². The zero-order valence-corrected chi connectivity index (χ0v) is 25.4. The van der Waals surface area contributed by atoms with Gasteiger partial charge < -0.3 is 4.90 Å². The molecule has 0 unspecified atom stereocenters. The number of anilines is 3. The molecule has 44 heavy (non-hydrogen) atoms. The second-order valence-electron chi connectivity index (χ2n) is 13.9. The summed E-state index contributed by atoms with van der Waals surface area (Å²) >= 11 is 0. The molecule has 0 radical (unpaired) electrons. The first kappa shape index (κ1) is 24.7. The number of hydrogen-bond acceptors (Lipinski definition) is 2. The van der Waals surface area contributed by atoms with E-state index in [0.717, 1.165) is 24.1 Å². The fraction of sp³-hybridized carbons (Fsp3) is 0.205. The summed E-state index contributed by atoms with van der Waals surface area (Å²) < 4.78 is 5.05. The lowest BCUT2D eigenvalue weighted by molar-refractivity contribution is 0.591. The molecule has 3 aliphatic rings. The number of imidazole rings is 1. The van der Waals surface area contributed by atoms with Crippen LogP contribution in [0.5, 0.6) is 0 Å². The molecular weight excluding hydrogens is 535 g/mol. The smallest absolute Gasteiger partial charge is 0.247 e. The van der Waals surface area contributed by atoms with Gasteiger partial charge in [0.05, 0.1) is 22.1 Å². The minimum Gasteiger partial charge on any atom is -0.311 e. The maximum Gasteiger partial charge on any atom is 0.247 e. The van der Waals surface area contributed by atoms with Gasteiger partial charge in [-0.15, -0.1) is 0 Å². The number of rotatable bonds is 1. The Morgan fingerprint density at radius 3 is 2.39 bits per heavy atom. The van der Waals surface area contributed by atoms with E-state index in [0.29, 0.717) is 0 Å². The molecule has 0 saturated heterocycles. The van der Waals surface area contributed by atoms with E-state index in [1.165, 1.54) is 79.4 Å². The minimum atomic E-state index is -0.00116. The number of allylic oxidation sites excluding steroid dienone is 2. The SMILES string of the molecule is CC(C)(C)c1cc2cc3c4c5c2c(c1)n1c2ccccc2nc1n5C1=C(CCCC1)B4c1ccccc1N3c1ccccc1. The van der Waals surface area contributed by atoms with Crippen LogP contribution in [0, 0.1) is 0 Å². The Morgan fingerprint density at radius 1 is 0.750 bits per heavy atom. The van der Waals surface area contributed by atoms with Gasteiger partial charge in [0, 0.05) is 28.1 Å². The van der Waals surface area contributed by atoms with Crippen molar-refractivity contribution in [2.45, 2.75) is 51.9 Å². The topological polar surface area (TPSA) is 25.5 Å². The molecule has 2 aromatic heterocycles. The van der Waals surface area contributed by atoms with Gasteiger partial charge in [-0.05, 0) is 95.4 Å². The van der Waals surface area contributed by atoms with Gasteiger partial charge >= 0.3 is 0 Å². The number of nitrogens with zero attached hydrogens (tertiary/aromatic N) is 4. The van der Waals surface area contributed by atoms with Crippen LogP contribution in [-0.4, -0.2) is 20.7 Å². The fourth-order valence-corrected chi connectivity index (χ4v) is 8.49. The maximum absolute atomic E-state index is 5.41. The van der Waals surface area contributed by atoms with Gasteiger partial charge in [-0.2, -0.15) is 0 Å². The largest absolute Gasteiger partial charge is 0.311 e. The van der Waals surface area contributed by atoms with E-state index in [1.807, 2.05) is 0 Å². The van der Waals surface area contributed by atoms with Gasteiger partial charge in [-0.1, -0.05) is 80.8 Å². The van der Waals surface area contributed by atoms with Crippen molar-refractivity contribution in [3.63, 3.8) is 0 Å². The summed E-state index contributed by atoms with van der Waals surface area (Å²) in [6.07, 6.45) is 4.67. The highest BCUT2D eigenvalue weighted by molar-refractivity contribution is 6.96. The van der Waals surface area contributed by atoms with E-state index in [9.17, 15) is 0 Å². The van der Waals surface area contributed by atoms with Crippen molar-refractivity contribution in [1.82, 2.24) is 14.0 Å². The molecular formula is C39H33BN4. The third-order valence-corrected chi connectivity index (χ3v) is 10.4. The Morgan fingerprint density at radius 2 is 1.52 bits per heavy atom. The van der Waals surface area contributed by atoms with Crippen LogP contribution in [0.3, 0.4) is 0 Å². The molecule has 0 saturated carbocycles. The molecule has 4 nitrogen and oxygen atoms in total. The lowest BCUT2D eigenvalue weighted by Crippen LogP contribution is -2.54. The third kappa shape index (κ3) is 3.07. The summed E-state index contributed by atoms with van der Waals surface area (Å²) in [5.74, 6) is 1.04. The highest BCUT2D eigenvalue weighted by Gasteiger charge is 2.44. The number of benzene rings is 5. The fourth-order valence-electron chi connectivity index (χ4n) is 8.49. The Bertz CT molecular complexity index is 2390. The van der Waals surface area contributed by atoms with E-state index in [2.05, 4.69) is 132 Å². The summed E-state index contributed by atoms with van der Waals surface area (Å²) in [4.78, 5) is 7.93. The predicted molar refractivity (Wildman–Crippen MR) is 186 cm³/mol. The van der Waals surface area contributed by atoms with Crippen LogP contribution in [0.2, 0.25) is 0 Å². The molecule has 5 aromatic carbocycles. The number of para-hydroxylation sites is 4. The number of hydrogen-bond donors (Lipinski definition) is 0. The molecule has 0 amide bonds. The molecule has 0 N–H and O–H groups in total. The molecule has 212 valence electrons. The van der Waals surface area contributed by atoms with E-state index >= 15 is 0 Å². The lowest BCUT2D eigenvalue weighted by Gasteiger charge is -2.43. The second-order valence-corrected chi connectivity index (χ2v) is 13.9. The zero-order chi connectivity index (χ0) is 29.3. The standard InChI is InChI=1S/C39H33BN4/c1-39(2,3)25-21-24-22-34-36-37-35(24)33(23-25)43-32-20-12-9-17-29(32)41-38(43)44(37)31-19-11-8-16-28(31)40(36)27-15-7-10-18-30(27)42(34)26-13-5-4-6-14-26/h4-7,9-10,12-15,17-18,20-23H,8,11,16,19H2,1-3H3. The van der Waals surface area contributed by atoms with Crippen LogP contribution in [0.1, 0.15) is 52.0 Å². The van der Waals surface area contributed by atoms with Crippen LogP contribution in [0.25, 0.3) is 44.3 Å². The first-order valence-electron chi connectivity index (χ1n) is 16.1. The highest BCUT2D eigenvalue weighted by Crippen LogP contribution is 2.47. The van der Waals surface area contributed by atoms with E-state index < -0.39 is 0 Å². The summed E-state index contributed by atoms with van der Waals surface area (Å²) in [6, 6.07) is 36.2. The molecule has 2 aliphatic heterocycles. The van der Waals surface area contributed by atoms with Crippen LogP contribution < -0.4 is 15.8 Å². The maximum atomic E-state index is 5.41. The molecule has 1 aliphatic carbocycles. The summed E-state index contributed by atoms with van der Waals surface area (Å²) in [5.41, 5.74) is 15.9. The van der Waals surface area contributed by atoms with Gasteiger partial charge in [0.1, 0.15) is 0 Å². The van der Waals surface area contributed by atoms with Crippen molar-refractivity contribution in [3.8, 4) is 0 Å². The van der Waals surface area contributed by atoms with Gasteiger partial charge in [0.25, 0.3) is 0 Å². The quantitative estimate of drug-likeness (QED) is 0.185. The summed E-state index contributed by atoms with van der Waals surface area (Å²) in [5, 5.41) is 2.65. The summed E-state index contributed by atoms with van der Waals surface area (Å²) in [7, 11) is 0. The molecule has 0 spiro atoms. The normalized spacial score (nSPS) is 16.0. The zero-order valence-electron chi connectivity index (χ0n) is 25.4. The Labute approximate surface area is 257 Å². The van der Waals surface area contributed by atoms with E-state index in [-0.39, 0.29) is 12.1 Å². The second kappa shape index (κ2) is 8.44. The van der Waals surface area contributed by atoms with Crippen molar-refractivity contribution in [2.24, 2.45) is 0 Å². The van der Waals surface area contributed by atoms with Crippen molar-refractivity contribution >= 4 is 79.0 Å². The molecule has 10 rings (SSSR count). The molecule has 4 heterocycles. The Hall–Kier alpha value is -4.77. The monoisotopic (exact) mass is 568 g/mol. The molecule has 0 fully saturated rings. The Balaban J connectivity index is 1.49. The van der Waals surface area contributed by atoms with Crippen LogP contribution in [0.4, 0.5) is 17.1 Å². The highest BCUT2D eigenvalue weighted by atomic mass is 15.2. The van der Waals surface area contributed by atoms with E-state index in [4.69, 9.17) is 4.98 Å². The first-order chi connectivity index (χ1) is 21.5. The van der Waals surface area contributed by atoms with Crippen molar-refractivity contribution in [1.29, 1.82) is 0 Å². The van der Waals surface area contributed by atoms with Gasteiger partial charge in [-0.3, -0.25) is 8.97 Å². The minimum absolute atomic E-state index is 0.00116. The molecule has 0 bridgehead atoms. The average Bonchev–Trinajstić information content (AvgIpc) is 3.44. The van der Waals surface area contributed by atoms with Crippen LogP contribution in [0.15, 0.2) is 103 Å². The van der Waals surface area contributed by atoms with Crippen LogP contribution in [-0.2, 0) is 5.41 Å². The van der Waals surface area contributed by atoms with Crippen molar-refractivity contribution in [3.05, 3.63) is 108 Å². The number of aromatic nitrogens is 3. The van der Waals surface area contributed by atoms with Gasteiger partial charge in [-0.25, -0.2) is 4.98 Å². The van der Waals surface area contributed by atoms with Crippen molar-refractivity contribution < 1.29 is 0 Å². The number of fused-ring (bicyclic) bond motifs is 9. The van der Waals surface area contributed by atoms with Gasteiger partial charge in [0.15, 0.2) is 0 Å². The van der Waals surface area contributed by atoms with Crippen molar-refractivity contribution in [2.75, 3.05) is 4.90 Å². The lowest BCUT2D eigenvalue weighted by atomic mass is 9.32.